The molecule has 0 amide bonds. The van der Waals surface area contributed by atoms with Crippen molar-refractivity contribution in [3.63, 3.8) is 0 Å². The maximum Gasteiger partial charge on any atom is 0.211 e. The van der Waals surface area contributed by atoms with E-state index in [1.165, 1.54) is 53.1 Å². The predicted octanol–water partition coefficient (Wildman–Crippen LogP) is 5.50. The molecule has 0 aliphatic carbocycles. The zero-order chi connectivity index (χ0) is 17.9. The summed E-state index contributed by atoms with van der Waals surface area (Å²) in [5, 5.41) is 4.03. The minimum absolute atomic E-state index is 1.30. The second kappa shape index (κ2) is 5.89. The van der Waals surface area contributed by atoms with Crippen LogP contribution in [0.25, 0.3) is 16.2 Å². The molecule has 0 saturated carbocycles. The number of nitrogens with zero attached hydrogens (tertiary/aromatic N) is 2. The fraction of sp³-hybridized carbons (Fsp3) is 0.286. The number of anilines is 1. The van der Waals surface area contributed by atoms with Gasteiger partial charge in [0.2, 0.25) is 5.69 Å². The predicted molar refractivity (Wildman–Crippen MR) is 111 cm³/mol. The van der Waals surface area contributed by atoms with Gasteiger partial charge < -0.3 is 4.90 Å². The van der Waals surface area contributed by atoms with E-state index in [1.54, 1.807) is 0 Å². The summed E-state index contributed by atoms with van der Waals surface area (Å²) in [7, 11) is 4.36. The third-order valence-corrected chi connectivity index (χ3v) is 8.15. The Morgan fingerprint density at radius 1 is 1.00 bits per heavy atom. The van der Waals surface area contributed by atoms with Crippen molar-refractivity contribution in [2.45, 2.75) is 32.6 Å². The normalized spacial score (nSPS) is 15.4. The minimum atomic E-state index is 1.30. The highest BCUT2D eigenvalue weighted by Gasteiger charge is 2.28. The van der Waals surface area contributed by atoms with E-state index >= 15 is 0 Å². The number of thiophene rings is 1. The van der Waals surface area contributed by atoms with E-state index in [4.69, 9.17) is 0 Å². The monoisotopic (exact) mass is 367 g/mol. The van der Waals surface area contributed by atoms with Gasteiger partial charge in [0.1, 0.15) is 12.0 Å². The summed E-state index contributed by atoms with van der Waals surface area (Å²) < 4.78 is 3.69. The smallest absolute Gasteiger partial charge is 0.211 e. The molecule has 4 rings (SSSR count). The number of hydrogen-bond donors (Lipinski definition) is 0. The van der Waals surface area contributed by atoms with E-state index in [0.717, 1.165) is 0 Å². The van der Waals surface area contributed by atoms with E-state index in [1.807, 2.05) is 23.1 Å². The minimum Gasteiger partial charge on any atom is -0.330 e. The van der Waals surface area contributed by atoms with Gasteiger partial charge in [-0.15, -0.1) is 11.3 Å². The largest absolute Gasteiger partial charge is 0.330 e. The lowest BCUT2D eigenvalue weighted by atomic mass is 10.0. The number of thioether (sulfide) groups is 1. The van der Waals surface area contributed by atoms with E-state index in [9.17, 15) is 0 Å². The lowest BCUT2D eigenvalue weighted by Gasteiger charge is -2.14. The van der Waals surface area contributed by atoms with Crippen LogP contribution in [0.3, 0.4) is 0 Å². The molecule has 1 aliphatic rings. The number of fused-ring (bicyclic) bond motifs is 3. The van der Waals surface area contributed by atoms with Crippen molar-refractivity contribution in [2.75, 3.05) is 11.9 Å². The first kappa shape index (κ1) is 16.7. The van der Waals surface area contributed by atoms with Gasteiger partial charge in [-0.1, -0.05) is 30.0 Å². The summed E-state index contributed by atoms with van der Waals surface area (Å²) in [6.45, 7) is 8.89. The standard InChI is InChI=1S/C21H23N2S2/c1-12-13(2)15(4)22(5)17(14(12)3)11-19-23(6)21-20(25-19)16-9-7-8-10-18(16)24-21/h7-11H,1-6H3/q+1. The molecule has 3 aromatic rings. The lowest BCUT2D eigenvalue weighted by molar-refractivity contribution is -0.680. The summed E-state index contributed by atoms with van der Waals surface area (Å²) in [4.78, 5) is 3.74. The Hall–Kier alpha value is -1.78. The van der Waals surface area contributed by atoms with Crippen molar-refractivity contribution in [3.8, 4) is 0 Å². The van der Waals surface area contributed by atoms with Crippen molar-refractivity contribution >= 4 is 44.3 Å². The van der Waals surface area contributed by atoms with Crippen molar-refractivity contribution in [1.82, 2.24) is 0 Å². The summed E-state index contributed by atoms with van der Waals surface area (Å²) in [5.41, 5.74) is 6.79. The van der Waals surface area contributed by atoms with Gasteiger partial charge in [0.25, 0.3) is 0 Å². The van der Waals surface area contributed by atoms with E-state index < -0.39 is 0 Å². The third kappa shape index (κ3) is 2.42. The summed E-state index contributed by atoms with van der Waals surface area (Å²) >= 11 is 3.78. The van der Waals surface area contributed by atoms with Gasteiger partial charge in [-0.2, -0.15) is 4.57 Å². The molecular weight excluding hydrogens is 344 g/mol. The van der Waals surface area contributed by atoms with Crippen LogP contribution in [0.4, 0.5) is 5.00 Å². The Bertz CT molecular complexity index is 1010. The molecule has 25 heavy (non-hydrogen) atoms. The number of pyridine rings is 1. The van der Waals surface area contributed by atoms with Gasteiger partial charge >= 0.3 is 0 Å². The molecule has 0 unspecified atom stereocenters. The molecule has 0 radical (unpaired) electrons. The molecular formula is C21H23N2S2+. The first-order chi connectivity index (χ1) is 11.9. The molecule has 128 valence electrons. The molecule has 0 N–H and O–H groups in total. The molecule has 2 aromatic heterocycles. The quantitative estimate of drug-likeness (QED) is 0.524. The van der Waals surface area contributed by atoms with Crippen molar-refractivity contribution < 1.29 is 4.57 Å². The van der Waals surface area contributed by atoms with Crippen LogP contribution in [0.2, 0.25) is 0 Å². The zero-order valence-corrected chi connectivity index (χ0v) is 17.2. The number of rotatable bonds is 1. The molecule has 0 bridgehead atoms. The fourth-order valence-corrected chi connectivity index (χ4v) is 6.04. The average molecular weight is 368 g/mol. The summed E-state index contributed by atoms with van der Waals surface area (Å²) in [5.74, 6) is 0. The van der Waals surface area contributed by atoms with Crippen LogP contribution in [0.1, 0.15) is 28.1 Å². The molecule has 0 spiro atoms. The van der Waals surface area contributed by atoms with Gasteiger partial charge in [-0.05, 0) is 32.4 Å². The number of aromatic nitrogens is 1. The molecule has 0 atom stereocenters. The molecule has 4 heteroatoms. The first-order valence-electron chi connectivity index (χ1n) is 8.51. The Balaban J connectivity index is 1.84. The average Bonchev–Trinajstić information content (AvgIpc) is 3.12. The van der Waals surface area contributed by atoms with E-state index in [-0.39, 0.29) is 0 Å². The zero-order valence-electron chi connectivity index (χ0n) is 15.6. The molecule has 1 aromatic carbocycles. The second-order valence-corrected chi connectivity index (χ2v) is 8.84. The van der Waals surface area contributed by atoms with Crippen LogP contribution in [-0.2, 0) is 7.05 Å². The topological polar surface area (TPSA) is 7.12 Å². The number of benzene rings is 1. The summed E-state index contributed by atoms with van der Waals surface area (Å²) in [6.07, 6.45) is 2.35. The molecule has 1 aliphatic heterocycles. The van der Waals surface area contributed by atoms with Crippen LogP contribution in [0, 0.1) is 27.7 Å². The number of hydrogen-bond acceptors (Lipinski definition) is 3. The Morgan fingerprint density at radius 3 is 2.48 bits per heavy atom. The first-order valence-corrected chi connectivity index (χ1v) is 10.1. The maximum absolute atomic E-state index is 2.35. The maximum atomic E-state index is 2.35. The second-order valence-electron chi connectivity index (χ2n) is 6.78. The highest BCUT2D eigenvalue weighted by atomic mass is 32.2. The van der Waals surface area contributed by atoms with E-state index in [0.29, 0.717) is 0 Å². The lowest BCUT2D eigenvalue weighted by Crippen LogP contribution is -2.38. The van der Waals surface area contributed by atoms with Gasteiger partial charge in [-0.3, -0.25) is 0 Å². The van der Waals surface area contributed by atoms with Crippen LogP contribution < -0.4 is 9.47 Å². The highest BCUT2D eigenvalue weighted by Crippen LogP contribution is 2.53. The van der Waals surface area contributed by atoms with Gasteiger partial charge in [0.15, 0.2) is 5.69 Å². The molecule has 3 heterocycles. The molecule has 2 nitrogen and oxygen atoms in total. The van der Waals surface area contributed by atoms with Crippen LogP contribution >= 0.6 is 23.1 Å². The van der Waals surface area contributed by atoms with Crippen LogP contribution in [0.15, 0.2) is 34.2 Å². The van der Waals surface area contributed by atoms with Gasteiger partial charge in [-0.25, -0.2) is 0 Å². The van der Waals surface area contributed by atoms with Crippen molar-refractivity contribution in [3.05, 3.63) is 57.4 Å². The Morgan fingerprint density at radius 2 is 1.72 bits per heavy atom. The Kier molecular flexibility index (Phi) is 3.93. The highest BCUT2D eigenvalue weighted by molar-refractivity contribution is 8.04. The SMILES string of the molecule is Cc1c(C)c(C)[n+](C)c(/C=C2\Sc3c(sc4ccccc34)N2C)c1C. The van der Waals surface area contributed by atoms with Crippen LogP contribution in [0.5, 0.6) is 0 Å². The van der Waals surface area contributed by atoms with Gasteiger partial charge in [0.05, 0.1) is 9.92 Å². The molecule has 0 fully saturated rings. The Labute approximate surface area is 157 Å². The fourth-order valence-electron chi connectivity index (χ4n) is 3.48. The molecule has 0 saturated heterocycles. The van der Waals surface area contributed by atoms with Crippen LogP contribution in [-0.4, -0.2) is 7.05 Å². The van der Waals surface area contributed by atoms with Gasteiger partial charge in [0, 0.05) is 41.3 Å². The van der Waals surface area contributed by atoms with Crippen molar-refractivity contribution in [1.29, 1.82) is 0 Å². The van der Waals surface area contributed by atoms with Crippen molar-refractivity contribution in [2.24, 2.45) is 7.05 Å². The van der Waals surface area contributed by atoms with E-state index in [2.05, 4.69) is 81.6 Å². The third-order valence-electron chi connectivity index (χ3n) is 5.55. The summed E-state index contributed by atoms with van der Waals surface area (Å²) in [6, 6.07) is 8.71.